The number of benzene rings is 1. The molecule has 0 bridgehead atoms. The molecular weight excluding hydrogens is 218 g/mol. The summed E-state index contributed by atoms with van der Waals surface area (Å²) in [4.78, 5) is 14.0. The van der Waals surface area contributed by atoms with Gasteiger partial charge >= 0.3 is 5.97 Å². The number of carbonyl (C=O) groups is 1. The van der Waals surface area contributed by atoms with Crippen LogP contribution in [0.25, 0.3) is 0 Å². The largest absolute Gasteiger partial charge is 0.468 e. The molecule has 4 heteroatoms. The molecule has 1 heterocycles. The minimum absolute atomic E-state index is 0.210. The first-order chi connectivity index (χ1) is 8.33. The van der Waals surface area contributed by atoms with Crippen molar-refractivity contribution in [3.05, 3.63) is 35.9 Å². The second-order valence-electron chi connectivity index (χ2n) is 3.98. The van der Waals surface area contributed by atoms with Gasteiger partial charge in [0, 0.05) is 13.1 Å². The van der Waals surface area contributed by atoms with Crippen LogP contribution in [0.2, 0.25) is 0 Å². The summed E-state index contributed by atoms with van der Waals surface area (Å²) in [5, 5.41) is 0. The molecule has 0 radical (unpaired) electrons. The van der Waals surface area contributed by atoms with E-state index < -0.39 is 0 Å². The topological polar surface area (TPSA) is 38.8 Å². The summed E-state index contributed by atoms with van der Waals surface area (Å²) in [5.41, 5.74) is 0.973. The number of carbonyl (C=O) groups excluding carboxylic acids is 1. The summed E-state index contributed by atoms with van der Waals surface area (Å²) in [5.74, 6) is -0.210. The molecule has 1 aromatic rings. The molecule has 0 saturated carbocycles. The Morgan fingerprint density at radius 1 is 1.29 bits per heavy atom. The van der Waals surface area contributed by atoms with Gasteiger partial charge in [-0.3, -0.25) is 4.90 Å². The predicted octanol–water partition coefficient (Wildman–Crippen LogP) is 1.23. The summed E-state index contributed by atoms with van der Waals surface area (Å²) < 4.78 is 10.2. The Morgan fingerprint density at radius 2 is 1.94 bits per heavy atom. The van der Waals surface area contributed by atoms with Gasteiger partial charge < -0.3 is 9.47 Å². The highest BCUT2D eigenvalue weighted by molar-refractivity contribution is 5.77. The van der Waals surface area contributed by atoms with Gasteiger partial charge in [0.25, 0.3) is 0 Å². The Labute approximate surface area is 101 Å². The zero-order valence-corrected chi connectivity index (χ0v) is 9.96. The summed E-state index contributed by atoms with van der Waals surface area (Å²) in [6.45, 7) is 2.85. The Balaban J connectivity index is 2.21. The van der Waals surface area contributed by atoms with Gasteiger partial charge in [0.1, 0.15) is 6.04 Å². The zero-order valence-electron chi connectivity index (χ0n) is 9.96. The van der Waals surface area contributed by atoms with Crippen LogP contribution < -0.4 is 0 Å². The lowest BCUT2D eigenvalue weighted by Gasteiger charge is -2.32. The molecule has 1 aromatic carbocycles. The minimum Gasteiger partial charge on any atom is -0.468 e. The van der Waals surface area contributed by atoms with Crippen molar-refractivity contribution >= 4 is 5.97 Å². The molecule has 0 N–H and O–H groups in total. The lowest BCUT2D eigenvalue weighted by Crippen LogP contribution is -2.42. The van der Waals surface area contributed by atoms with E-state index in [1.807, 2.05) is 30.3 Å². The average molecular weight is 235 g/mol. The van der Waals surface area contributed by atoms with Crippen molar-refractivity contribution in [3.63, 3.8) is 0 Å². The lowest BCUT2D eigenvalue weighted by atomic mass is 10.1. The Bertz CT molecular complexity index is 360. The smallest absolute Gasteiger partial charge is 0.327 e. The van der Waals surface area contributed by atoms with E-state index in [0.717, 1.165) is 18.7 Å². The van der Waals surface area contributed by atoms with Gasteiger partial charge in [-0.25, -0.2) is 4.79 Å². The van der Waals surface area contributed by atoms with E-state index in [1.165, 1.54) is 7.11 Å². The first kappa shape index (κ1) is 12.1. The molecule has 1 fully saturated rings. The average Bonchev–Trinajstić information content (AvgIpc) is 2.41. The van der Waals surface area contributed by atoms with Gasteiger partial charge in [0.15, 0.2) is 0 Å². The molecule has 4 nitrogen and oxygen atoms in total. The van der Waals surface area contributed by atoms with E-state index in [-0.39, 0.29) is 12.0 Å². The van der Waals surface area contributed by atoms with Gasteiger partial charge in [-0.05, 0) is 5.56 Å². The van der Waals surface area contributed by atoms with Crippen LogP contribution in [0, 0.1) is 0 Å². The molecule has 17 heavy (non-hydrogen) atoms. The van der Waals surface area contributed by atoms with Gasteiger partial charge in [0.2, 0.25) is 0 Å². The summed E-state index contributed by atoms with van der Waals surface area (Å²) in [6, 6.07) is 9.41. The molecule has 1 aliphatic heterocycles. The van der Waals surface area contributed by atoms with E-state index in [9.17, 15) is 4.79 Å². The van der Waals surface area contributed by atoms with Gasteiger partial charge in [-0.2, -0.15) is 0 Å². The molecule has 0 spiro atoms. The number of methoxy groups -OCH3 is 1. The van der Waals surface area contributed by atoms with Crippen LogP contribution in [-0.2, 0) is 14.3 Å². The fraction of sp³-hybridized carbons (Fsp3) is 0.462. The van der Waals surface area contributed by atoms with Crippen molar-refractivity contribution in [2.75, 3.05) is 33.4 Å². The van der Waals surface area contributed by atoms with Crippen molar-refractivity contribution in [2.24, 2.45) is 0 Å². The molecule has 0 aromatic heterocycles. The lowest BCUT2D eigenvalue weighted by molar-refractivity contribution is -0.149. The van der Waals surface area contributed by atoms with Gasteiger partial charge in [0.05, 0.1) is 20.3 Å². The molecular formula is C13H17NO3. The number of rotatable bonds is 3. The second kappa shape index (κ2) is 5.80. The van der Waals surface area contributed by atoms with Crippen molar-refractivity contribution in [3.8, 4) is 0 Å². The third kappa shape index (κ3) is 2.84. The quantitative estimate of drug-likeness (QED) is 0.739. The van der Waals surface area contributed by atoms with Crippen LogP contribution >= 0.6 is 0 Å². The number of morpholine rings is 1. The highest BCUT2D eigenvalue weighted by atomic mass is 16.5. The van der Waals surface area contributed by atoms with Crippen molar-refractivity contribution in [2.45, 2.75) is 6.04 Å². The highest BCUT2D eigenvalue weighted by Gasteiger charge is 2.29. The monoisotopic (exact) mass is 235 g/mol. The normalized spacial score (nSPS) is 18.6. The van der Waals surface area contributed by atoms with Crippen LogP contribution in [0.3, 0.4) is 0 Å². The number of esters is 1. The van der Waals surface area contributed by atoms with E-state index in [2.05, 4.69) is 4.90 Å². The number of hydrogen-bond donors (Lipinski definition) is 0. The SMILES string of the molecule is COC(=O)[C@@H](c1ccccc1)N1CCOCC1. The number of ether oxygens (including phenoxy) is 2. The van der Waals surface area contributed by atoms with Crippen LogP contribution in [0.5, 0.6) is 0 Å². The maximum absolute atomic E-state index is 11.9. The molecule has 1 atom stereocenters. The van der Waals surface area contributed by atoms with E-state index in [0.29, 0.717) is 13.2 Å². The molecule has 0 unspecified atom stereocenters. The molecule has 2 rings (SSSR count). The summed E-state index contributed by atoms with van der Waals surface area (Å²) in [7, 11) is 1.43. The van der Waals surface area contributed by atoms with Gasteiger partial charge in [-0.15, -0.1) is 0 Å². The van der Waals surface area contributed by atoms with Crippen LogP contribution in [-0.4, -0.2) is 44.3 Å². The van der Waals surface area contributed by atoms with Gasteiger partial charge in [-0.1, -0.05) is 30.3 Å². The molecule has 0 aliphatic carbocycles. The van der Waals surface area contributed by atoms with Crippen molar-refractivity contribution in [1.29, 1.82) is 0 Å². The fourth-order valence-corrected chi connectivity index (χ4v) is 2.08. The van der Waals surface area contributed by atoms with E-state index in [1.54, 1.807) is 0 Å². The summed E-state index contributed by atoms with van der Waals surface area (Å²) >= 11 is 0. The Kier molecular flexibility index (Phi) is 4.12. The van der Waals surface area contributed by atoms with E-state index in [4.69, 9.17) is 9.47 Å². The van der Waals surface area contributed by atoms with Crippen molar-refractivity contribution in [1.82, 2.24) is 4.90 Å². The molecule has 92 valence electrons. The fourth-order valence-electron chi connectivity index (χ4n) is 2.08. The maximum Gasteiger partial charge on any atom is 0.327 e. The third-order valence-corrected chi connectivity index (χ3v) is 2.95. The Hall–Kier alpha value is -1.39. The first-order valence-corrected chi connectivity index (χ1v) is 5.77. The standard InChI is InChI=1S/C13H17NO3/c1-16-13(15)12(11-5-3-2-4-6-11)14-7-9-17-10-8-14/h2-6,12H,7-10H2,1H3/t12-/m1/s1. The maximum atomic E-state index is 11.9. The van der Waals surface area contributed by atoms with Crippen molar-refractivity contribution < 1.29 is 14.3 Å². The number of hydrogen-bond acceptors (Lipinski definition) is 4. The minimum atomic E-state index is -0.315. The third-order valence-electron chi connectivity index (χ3n) is 2.95. The summed E-state index contributed by atoms with van der Waals surface area (Å²) in [6.07, 6.45) is 0. The van der Waals surface area contributed by atoms with Crippen LogP contribution in [0.4, 0.5) is 0 Å². The van der Waals surface area contributed by atoms with Crippen LogP contribution in [0.15, 0.2) is 30.3 Å². The first-order valence-electron chi connectivity index (χ1n) is 5.77. The van der Waals surface area contributed by atoms with Crippen LogP contribution in [0.1, 0.15) is 11.6 Å². The molecule has 0 amide bonds. The molecule has 1 saturated heterocycles. The molecule has 1 aliphatic rings. The highest BCUT2D eigenvalue weighted by Crippen LogP contribution is 2.22. The predicted molar refractivity (Wildman–Crippen MR) is 63.6 cm³/mol. The number of nitrogens with zero attached hydrogens (tertiary/aromatic N) is 1. The van der Waals surface area contributed by atoms with E-state index >= 15 is 0 Å². The Morgan fingerprint density at radius 3 is 2.53 bits per heavy atom. The zero-order chi connectivity index (χ0) is 12.1. The second-order valence-corrected chi connectivity index (χ2v) is 3.98.